The average molecular weight is 290 g/mol. The molecule has 2 aromatic rings. The Labute approximate surface area is 123 Å². The Balaban J connectivity index is 1.64. The van der Waals surface area contributed by atoms with E-state index in [-0.39, 0.29) is 5.91 Å². The van der Waals surface area contributed by atoms with Gasteiger partial charge in [0.15, 0.2) is 0 Å². The molecule has 2 rings (SSSR count). The summed E-state index contributed by atoms with van der Waals surface area (Å²) in [7, 11) is 0. The van der Waals surface area contributed by atoms with Gasteiger partial charge in [0.25, 0.3) is 5.91 Å². The molecule has 2 N–H and O–H groups in total. The third-order valence-corrected chi connectivity index (χ3v) is 3.01. The molecule has 0 aliphatic rings. The molecule has 5 heteroatoms. The number of rotatable bonds is 6. The Morgan fingerprint density at radius 3 is 2.65 bits per heavy atom. The van der Waals surface area contributed by atoms with E-state index in [1.807, 2.05) is 24.3 Å². The maximum absolute atomic E-state index is 11.7. The molecule has 0 atom stereocenters. The fourth-order valence-electron chi connectivity index (χ4n) is 1.70. The molecule has 0 aliphatic heterocycles. The molecule has 0 aliphatic carbocycles. The smallest absolute Gasteiger partial charge is 0.252 e. The van der Waals surface area contributed by atoms with E-state index in [1.165, 1.54) is 0 Å². The second kappa shape index (κ2) is 7.62. The van der Waals surface area contributed by atoms with E-state index in [2.05, 4.69) is 15.6 Å². The highest BCUT2D eigenvalue weighted by molar-refractivity contribution is 6.30. The van der Waals surface area contributed by atoms with Gasteiger partial charge < -0.3 is 10.6 Å². The molecule has 1 aromatic heterocycles. The first-order chi connectivity index (χ1) is 9.75. The van der Waals surface area contributed by atoms with Crippen LogP contribution in [0, 0.1) is 0 Å². The maximum Gasteiger partial charge on any atom is 0.252 e. The second-order valence-corrected chi connectivity index (χ2v) is 4.74. The summed E-state index contributed by atoms with van der Waals surface area (Å²) in [5.41, 5.74) is 1.73. The molecule has 0 unspecified atom stereocenters. The number of benzene rings is 1. The molecule has 1 aromatic carbocycles. The summed E-state index contributed by atoms with van der Waals surface area (Å²) in [6.07, 6.45) is 3.20. The van der Waals surface area contributed by atoms with Crippen LogP contribution in [0.5, 0.6) is 0 Å². The van der Waals surface area contributed by atoms with Gasteiger partial charge in [-0.1, -0.05) is 23.7 Å². The molecular formula is C15H16ClN3O. The van der Waals surface area contributed by atoms with Crippen LogP contribution in [0.25, 0.3) is 0 Å². The number of hydrogen-bond donors (Lipinski definition) is 2. The summed E-state index contributed by atoms with van der Waals surface area (Å²) in [5.74, 6) is -0.105. The zero-order chi connectivity index (χ0) is 14.2. The fourth-order valence-corrected chi connectivity index (χ4v) is 1.82. The predicted molar refractivity (Wildman–Crippen MR) is 79.7 cm³/mol. The molecule has 0 saturated carbocycles. The molecule has 0 spiro atoms. The highest BCUT2D eigenvalue weighted by atomic mass is 35.5. The lowest BCUT2D eigenvalue weighted by molar-refractivity contribution is 0.0953. The molecule has 1 heterocycles. The number of halogens is 1. The van der Waals surface area contributed by atoms with Crippen molar-refractivity contribution in [2.45, 2.75) is 6.54 Å². The van der Waals surface area contributed by atoms with E-state index in [0.717, 1.165) is 17.1 Å². The molecule has 0 fully saturated rings. The number of pyridine rings is 1. The number of nitrogens with zero attached hydrogens (tertiary/aromatic N) is 1. The van der Waals surface area contributed by atoms with Gasteiger partial charge in [0.05, 0.1) is 5.56 Å². The molecule has 20 heavy (non-hydrogen) atoms. The average Bonchev–Trinajstić information content (AvgIpc) is 2.49. The summed E-state index contributed by atoms with van der Waals surface area (Å²) in [6.45, 7) is 2.02. The van der Waals surface area contributed by atoms with Crippen molar-refractivity contribution in [1.82, 2.24) is 15.6 Å². The lowest BCUT2D eigenvalue weighted by atomic mass is 10.2. The minimum atomic E-state index is -0.105. The topological polar surface area (TPSA) is 54.0 Å². The number of aromatic nitrogens is 1. The lowest BCUT2D eigenvalue weighted by Crippen LogP contribution is -2.31. The monoisotopic (exact) mass is 289 g/mol. The van der Waals surface area contributed by atoms with E-state index in [0.29, 0.717) is 18.7 Å². The van der Waals surface area contributed by atoms with Gasteiger partial charge in [-0.15, -0.1) is 0 Å². The van der Waals surface area contributed by atoms with E-state index in [4.69, 9.17) is 11.6 Å². The summed E-state index contributed by atoms with van der Waals surface area (Å²) in [5, 5.41) is 6.82. The van der Waals surface area contributed by atoms with Crippen molar-refractivity contribution in [3.8, 4) is 0 Å². The van der Waals surface area contributed by atoms with Crippen molar-refractivity contribution in [3.05, 3.63) is 64.9 Å². The van der Waals surface area contributed by atoms with Crippen molar-refractivity contribution in [1.29, 1.82) is 0 Å². The Morgan fingerprint density at radius 1 is 1.15 bits per heavy atom. The van der Waals surface area contributed by atoms with Crippen molar-refractivity contribution in [3.63, 3.8) is 0 Å². The molecule has 0 saturated heterocycles. The zero-order valence-corrected chi connectivity index (χ0v) is 11.7. The molecule has 104 valence electrons. The van der Waals surface area contributed by atoms with Gasteiger partial charge in [-0.3, -0.25) is 9.78 Å². The van der Waals surface area contributed by atoms with E-state index < -0.39 is 0 Å². The van der Waals surface area contributed by atoms with Crippen LogP contribution in [0.4, 0.5) is 0 Å². The SMILES string of the molecule is O=C(NCCNCc1ccc(Cl)cc1)c1cccnc1. The van der Waals surface area contributed by atoms with Crippen LogP contribution in [-0.2, 0) is 6.54 Å². The second-order valence-electron chi connectivity index (χ2n) is 4.30. The number of carbonyl (C=O) groups excluding carboxylic acids is 1. The van der Waals surface area contributed by atoms with Gasteiger partial charge >= 0.3 is 0 Å². The largest absolute Gasteiger partial charge is 0.351 e. The summed E-state index contributed by atoms with van der Waals surface area (Å²) >= 11 is 5.82. The highest BCUT2D eigenvalue weighted by Gasteiger charge is 2.03. The van der Waals surface area contributed by atoms with E-state index in [9.17, 15) is 4.79 Å². The van der Waals surface area contributed by atoms with Gasteiger partial charge in [0.2, 0.25) is 0 Å². The number of amides is 1. The standard InChI is InChI=1S/C15H16ClN3O/c16-14-5-3-12(4-6-14)10-18-8-9-19-15(20)13-2-1-7-17-11-13/h1-7,11,18H,8-10H2,(H,19,20). The first kappa shape index (κ1) is 14.5. The van der Waals surface area contributed by atoms with Gasteiger partial charge in [0.1, 0.15) is 0 Å². The van der Waals surface area contributed by atoms with Crippen LogP contribution in [0.3, 0.4) is 0 Å². The van der Waals surface area contributed by atoms with Crippen molar-refractivity contribution in [2.24, 2.45) is 0 Å². The van der Waals surface area contributed by atoms with Crippen LogP contribution in [0.2, 0.25) is 5.02 Å². The van der Waals surface area contributed by atoms with E-state index >= 15 is 0 Å². The third-order valence-electron chi connectivity index (χ3n) is 2.75. The molecular weight excluding hydrogens is 274 g/mol. The highest BCUT2D eigenvalue weighted by Crippen LogP contribution is 2.08. The predicted octanol–water partition coefficient (Wildman–Crippen LogP) is 2.25. The Kier molecular flexibility index (Phi) is 5.53. The van der Waals surface area contributed by atoms with Crippen LogP contribution in [0.1, 0.15) is 15.9 Å². The van der Waals surface area contributed by atoms with Crippen molar-refractivity contribution >= 4 is 17.5 Å². The van der Waals surface area contributed by atoms with Gasteiger partial charge in [-0.05, 0) is 29.8 Å². The minimum Gasteiger partial charge on any atom is -0.351 e. The number of carbonyl (C=O) groups is 1. The van der Waals surface area contributed by atoms with E-state index in [1.54, 1.807) is 24.5 Å². The van der Waals surface area contributed by atoms with Gasteiger partial charge in [-0.25, -0.2) is 0 Å². The first-order valence-corrected chi connectivity index (χ1v) is 6.77. The number of hydrogen-bond acceptors (Lipinski definition) is 3. The van der Waals surface area contributed by atoms with Gasteiger partial charge in [-0.2, -0.15) is 0 Å². The Bertz CT molecular complexity index is 543. The van der Waals surface area contributed by atoms with Crippen molar-refractivity contribution in [2.75, 3.05) is 13.1 Å². The Morgan fingerprint density at radius 2 is 1.95 bits per heavy atom. The van der Waals surface area contributed by atoms with Crippen LogP contribution in [-0.4, -0.2) is 24.0 Å². The van der Waals surface area contributed by atoms with Crippen molar-refractivity contribution < 1.29 is 4.79 Å². The first-order valence-electron chi connectivity index (χ1n) is 6.39. The molecule has 4 nitrogen and oxygen atoms in total. The normalized spacial score (nSPS) is 10.2. The van der Waals surface area contributed by atoms with Crippen LogP contribution < -0.4 is 10.6 Å². The van der Waals surface area contributed by atoms with Gasteiger partial charge in [0, 0.05) is 37.1 Å². The third kappa shape index (κ3) is 4.64. The zero-order valence-electron chi connectivity index (χ0n) is 11.0. The fraction of sp³-hybridized carbons (Fsp3) is 0.200. The summed E-state index contributed by atoms with van der Waals surface area (Å²) in [6, 6.07) is 11.2. The Hall–Kier alpha value is -1.91. The number of nitrogens with one attached hydrogen (secondary N) is 2. The summed E-state index contributed by atoms with van der Waals surface area (Å²) in [4.78, 5) is 15.6. The molecule has 1 amide bonds. The lowest BCUT2D eigenvalue weighted by Gasteiger charge is -2.07. The van der Waals surface area contributed by atoms with Crippen LogP contribution in [0.15, 0.2) is 48.8 Å². The quantitative estimate of drug-likeness (QED) is 0.802. The van der Waals surface area contributed by atoms with Crippen LogP contribution >= 0.6 is 11.6 Å². The summed E-state index contributed by atoms with van der Waals surface area (Å²) < 4.78 is 0. The molecule has 0 radical (unpaired) electrons. The molecule has 0 bridgehead atoms. The minimum absolute atomic E-state index is 0.105. The maximum atomic E-state index is 11.7.